The number of fused-ring (bicyclic) bond motifs is 9. The zero-order valence-electron chi connectivity index (χ0n) is 36.3. The minimum absolute atomic E-state index is 0.316. The van der Waals surface area contributed by atoms with Crippen LogP contribution >= 0.6 is 0 Å². The van der Waals surface area contributed by atoms with E-state index < -0.39 is 5.41 Å². The van der Waals surface area contributed by atoms with Gasteiger partial charge in [0.15, 0.2) is 5.58 Å². The summed E-state index contributed by atoms with van der Waals surface area (Å²) in [5.74, 6) is -0.652. The average Bonchev–Trinajstić information content (AvgIpc) is 3.88. The fourth-order valence-electron chi connectivity index (χ4n) is 10.5. The minimum Gasteiger partial charge on any atom is -0.454 e. The fraction of sp³-hybridized carbons (Fsp3) is 0.0492. The number of hydrogen-bond donors (Lipinski definition) is 0. The molecule has 0 bridgehead atoms. The van der Waals surface area contributed by atoms with Crippen molar-refractivity contribution >= 4 is 66.8 Å². The second-order valence-corrected chi connectivity index (χ2v) is 17.3. The van der Waals surface area contributed by atoms with Gasteiger partial charge in [0.25, 0.3) is 0 Å². The van der Waals surface area contributed by atoms with E-state index in [1.165, 1.54) is 12.1 Å². The van der Waals surface area contributed by atoms with Crippen LogP contribution in [0.5, 0.6) is 0 Å². The molecule has 3 nitrogen and oxygen atoms in total. The van der Waals surface area contributed by atoms with Crippen LogP contribution in [0.15, 0.2) is 223 Å². The molecule has 5 heteroatoms. The smallest absolute Gasteiger partial charge is 0.160 e. The van der Waals surface area contributed by atoms with Gasteiger partial charge in [-0.15, -0.1) is 0 Å². The van der Waals surface area contributed by atoms with Gasteiger partial charge in [0.2, 0.25) is 0 Å². The first-order valence-electron chi connectivity index (χ1n) is 22.3. The van der Waals surface area contributed by atoms with E-state index >= 15 is 8.78 Å². The third-order valence-corrected chi connectivity index (χ3v) is 13.3. The summed E-state index contributed by atoms with van der Waals surface area (Å²) in [6.45, 7) is 4.15. The Kier molecular flexibility index (Phi) is 9.21. The first-order chi connectivity index (χ1) is 32.4. The number of rotatable bonds is 8. The molecular weight excluding hydrogens is 815 g/mol. The quantitative estimate of drug-likeness (QED) is 0.152. The normalized spacial score (nSPS) is 12.7. The fourth-order valence-corrected chi connectivity index (χ4v) is 10.5. The summed E-state index contributed by atoms with van der Waals surface area (Å²) < 4.78 is 38.1. The van der Waals surface area contributed by atoms with Crippen molar-refractivity contribution in [2.24, 2.45) is 0 Å². The Balaban J connectivity index is 1.30. The number of anilines is 6. The molecular formula is C61H42F2N2O. The average molecular weight is 857 g/mol. The largest absolute Gasteiger partial charge is 0.454 e. The van der Waals surface area contributed by atoms with Gasteiger partial charge in [-0.05, 0) is 131 Å². The van der Waals surface area contributed by atoms with Crippen LogP contribution in [0.3, 0.4) is 0 Å². The molecule has 10 aromatic carbocycles. The Morgan fingerprint density at radius 1 is 0.394 bits per heavy atom. The third kappa shape index (κ3) is 6.08. The van der Waals surface area contributed by atoms with E-state index in [9.17, 15) is 0 Å². The van der Waals surface area contributed by atoms with E-state index in [-0.39, 0.29) is 11.6 Å². The molecule has 0 N–H and O–H groups in total. The van der Waals surface area contributed by atoms with Gasteiger partial charge in [-0.2, -0.15) is 0 Å². The predicted octanol–water partition coefficient (Wildman–Crippen LogP) is 16.9. The van der Waals surface area contributed by atoms with Crippen molar-refractivity contribution in [1.82, 2.24) is 0 Å². The Bertz CT molecular complexity index is 3600. The van der Waals surface area contributed by atoms with Crippen molar-refractivity contribution in [2.45, 2.75) is 19.3 Å². The number of aryl methyl sites for hydroxylation is 2. The number of para-hydroxylation sites is 1. The van der Waals surface area contributed by atoms with Gasteiger partial charge in [0, 0.05) is 38.9 Å². The topological polar surface area (TPSA) is 19.6 Å². The van der Waals surface area contributed by atoms with E-state index in [4.69, 9.17) is 4.42 Å². The second-order valence-electron chi connectivity index (χ2n) is 17.3. The monoisotopic (exact) mass is 856 g/mol. The molecule has 316 valence electrons. The summed E-state index contributed by atoms with van der Waals surface area (Å²) in [4.78, 5) is 4.32. The summed E-state index contributed by atoms with van der Waals surface area (Å²) in [5, 5.41) is 4.01. The first-order valence-corrected chi connectivity index (χ1v) is 22.3. The number of hydrogen-bond acceptors (Lipinski definition) is 3. The van der Waals surface area contributed by atoms with Crippen LogP contribution < -0.4 is 9.80 Å². The van der Waals surface area contributed by atoms with Crippen LogP contribution in [0, 0.1) is 25.5 Å². The van der Waals surface area contributed by atoms with E-state index in [0.717, 1.165) is 94.4 Å². The van der Waals surface area contributed by atoms with Crippen molar-refractivity contribution in [1.29, 1.82) is 0 Å². The maximum Gasteiger partial charge on any atom is 0.160 e. The van der Waals surface area contributed by atoms with Gasteiger partial charge < -0.3 is 14.2 Å². The van der Waals surface area contributed by atoms with Crippen molar-refractivity contribution < 1.29 is 13.2 Å². The molecule has 1 aliphatic carbocycles. The Morgan fingerprint density at radius 2 is 0.864 bits per heavy atom. The van der Waals surface area contributed by atoms with Crippen LogP contribution in [-0.4, -0.2) is 0 Å². The van der Waals surface area contributed by atoms with E-state index in [2.05, 4.69) is 181 Å². The Morgan fingerprint density at radius 3 is 1.42 bits per heavy atom. The molecule has 0 atom stereocenters. The van der Waals surface area contributed by atoms with Crippen molar-refractivity contribution in [2.75, 3.05) is 9.80 Å². The van der Waals surface area contributed by atoms with E-state index in [1.807, 2.05) is 24.3 Å². The molecule has 0 radical (unpaired) electrons. The van der Waals surface area contributed by atoms with Gasteiger partial charge in [-0.25, -0.2) is 8.78 Å². The number of halogens is 2. The highest BCUT2D eigenvalue weighted by molar-refractivity contribution is 6.23. The third-order valence-electron chi connectivity index (χ3n) is 13.3. The molecule has 0 saturated carbocycles. The lowest BCUT2D eigenvalue weighted by molar-refractivity contribution is 0.627. The summed E-state index contributed by atoms with van der Waals surface area (Å²) in [6, 6.07) is 73.4. The van der Waals surface area contributed by atoms with Crippen molar-refractivity contribution in [3.8, 4) is 11.1 Å². The Hall–Kier alpha value is -8.28. The molecule has 0 amide bonds. The minimum atomic E-state index is -0.908. The van der Waals surface area contributed by atoms with Crippen LogP contribution in [0.2, 0.25) is 0 Å². The molecule has 1 aliphatic rings. The molecule has 66 heavy (non-hydrogen) atoms. The van der Waals surface area contributed by atoms with Crippen LogP contribution in [0.4, 0.5) is 42.9 Å². The molecule has 1 aromatic heterocycles. The van der Waals surface area contributed by atoms with Gasteiger partial charge in [0.05, 0.1) is 16.8 Å². The van der Waals surface area contributed by atoms with Crippen molar-refractivity contribution in [3.05, 3.63) is 263 Å². The molecule has 1 heterocycles. The molecule has 0 fully saturated rings. The highest BCUT2D eigenvalue weighted by Gasteiger charge is 2.49. The summed E-state index contributed by atoms with van der Waals surface area (Å²) in [6.07, 6.45) is 0. The van der Waals surface area contributed by atoms with Gasteiger partial charge >= 0.3 is 0 Å². The lowest BCUT2D eigenvalue weighted by Crippen LogP contribution is -2.29. The Labute approximate surface area is 382 Å². The number of nitrogens with zero attached hydrogens (tertiary/aromatic N) is 2. The molecule has 11 aromatic rings. The lowest BCUT2D eigenvalue weighted by Gasteiger charge is -2.36. The van der Waals surface area contributed by atoms with E-state index in [0.29, 0.717) is 17.0 Å². The maximum absolute atomic E-state index is 15.5. The first kappa shape index (κ1) is 39.3. The lowest BCUT2D eigenvalue weighted by atomic mass is 9.67. The zero-order valence-corrected chi connectivity index (χ0v) is 36.3. The number of furan rings is 1. The predicted molar refractivity (Wildman–Crippen MR) is 267 cm³/mol. The summed E-state index contributed by atoms with van der Waals surface area (Å²) in [5.41, 5.74) is 14.1. The highest BCUT2D eigenvalue weighted by atomic mass is 19.1. The SMILES string of the molecule is Cc1ccc(N(c2cccc(F)c2)c2cc3c(c4ccccc24)-c2c(cc(N(c4ccc(C)cc4)c4cccc(F)c4)c4oc5ccccc5c24)C3(c2ccccc2)c2ccccc2)cc1. The van der Waals surface area contributed by atoms with Crippen LogP contribution in [0.1, 0.15) is 33.4 Å². The summed E-state index contributed by atoms with van der Waals surface area (Å²) in [7, 11) is 0. The zero-order chi connectivity index (χ0) is 44.5. The molecule has 0 unspecified atom stereocenters. The number of benzene rings is 10. The van der Waals surface area contributed by atoms with Gasteiger partial charge in [-0.1, -0.05) is 151 Å². The van der Waals surface area contributed by atoms with Gasteiger partial charge in [-0.3, -0.25) is 0 Å². The standard InChI is InChI=1S/C61H42F2N2O/c1-39-27-31-45(32-28-39)64(47-21-13-19-43(62)35-47)54-37-52-57(50-24-10-9-23-49(50)54)59-53(61(52,41-15-5-3-6-16-41)42-17-7-4-8-18-42)38-55(60-58(59)51-25-11-12-26-56(51)66-60)65(46-33-29-40(2)30-34-46)48-22-14-20-44(63)36-48/h3-38H,1-2H3. The van der Waals surface area contributed by atoms with Gasteiger partial charge in [0.1, 0.15) is 17.2 Å². The second kappa shape index (κ2) is 15.5. The molecule has 12 rings (SSSR count). The highest BCUT2D eigenvalue weighted by Crippen LogP contribution is 2.63. The maximum atomic E-state index is 15.5. The van der Waals surface area contributed by atoms with E-state index in [1.54, 1.807) is 24.3 Å². The summed E-state index contributed by atoms with van der Waals surface area (Å²) >= 11 is 0. The molecule has 0 spiro atoms. The molecule has 0 saturated heterocycles. The van der Waals surface area contributed by atoms with Crippen LogP contribution in [0.25, 0.3) is 43.8 Å². The van der Waals surface area contributed by atoms with Crippen molar-refractivity contribution in [3.63, 3.8) is 0 Å². The van der Waals surface area contributed by atoms with Crippen LogP contribution in [-0.2, 0) is 5.41 Å². The molecule has 0 aliphatic heterocycles.